The molecule has 0 aromatic rings. The molecule has 0 bridgehead atoms. The van der Waals surface area contributed by atoms with Gasteiger partial charge in [0.1, 0.15) is 17.3 Å². The SMILES string of the molecule is O.O=S(=O)=C1C=CC=C(OP(=O)(OC2=CC=CC(=S(=O)=O)C2)OC2=CC=CC(=S(=O)=O)C2)C1.[Na].[Na].[Na]. The Labute approximate surface area is 278 Å². The van der Waals surface area contributed by atoms with Gasteiger partial charge in [0.05, 0.1) is 14.6 Å². The summed E-state index contributed by atoms with van der Waals surface area (Å²) in [4.78, 5) is -0.0738. The van der Waals surface area contributed by atoms with E-state index in [1.807, 2.05) is 0 Å². The third-order valence-corrected chi connectivity index (χ3v) is 7.57. The minimum absolute atomic E-state index is 0. The number of hydrogen-bond donors (Lipinski definition) is 0. The summed E-state index contributed by atoms with van der Waals surface area (Å²) in [6.07, 6.45) is 11.6. The molecule has 2 N–H and O–H groups in total. The van der Waals surface area contributed by atoms with Crippen molar-refractivity contribution in [3.05, 3.63) is 72.0 Å². The zero-order valence-corrected chi connectivity index (χ0v) is 28.9. The fraction of sp³-hybridized carbons (Fsp3) is 0.167. The van der Waals surface area contributed by atoms with Crippen molar-refractivity contribution >= 4 is 142 Å². The molecule has 18 heteroatoms. The van der Waals surface area contributed by atoms with Gasteiger partial charge in [-0.1, -0.05) is 18.2 Å². The molecule has 3 radical (unpaired) electrons. The fourth-order valence-corrected chi connectivity index (χ4v) is 5.37. The van der Waals surface area contributed by atoms with Crippen molar-refractivity contribution in [2.45, 2.75) is 19.3 Å². The number of hydrogen-bond acceptors (Lipinski definition) is 10. The first kappa shape index (κ1) is 38.2. The molecule has 0 atom stereocenters. The van der Waals surface area contributed by atoms with Crippen LogP contribution in [0.5, 0.6) is 0 Å². The van der Waals surface area contributed by atoms with Gasteiger partial charge in [0.25, 0.3) is 0 Å². The van der Waals surface area contributed by atoms with E-state index in [1.165, 1.54) is 54.7 Å². The van der Waals surface area contributed by atoms with Crippen molar-refractivity contribution in [1.82, 2.24) is 0 Å². The molecular weight excluding hydrogens is 588 g/mol. The summed E-state index contributed by atoms with van der Waals surface area (Å²) in [5.41, 5.74) is 0. The third kappa shape index (κ3) is 11.5. The van der Waals surface area contributed by atoms with Gasteiger partial charge in [0, 0.05) is 108 Å². The van der Waals surface area contributed by atoms with Crippen LogP contribution < -0.4 is 0 Å². The van der Waals surface area contributed by atoms with Crippen molar-refractivity contribution in [3.63, 3.8) is 0 Å². The van der Waals surface area contributed by atoms with Gasteiger partial charge in [0.2, 0.25) is 30.9 Å². The Balaban J connectivity index is 0. The number of allylic oxidation sites excluding steroid dienone is 12. The topological polar surface area (TPSA) is 179 Å². The second kappa shape index (κ2) is 17.6. The molecule has 0 unspecified atom stereocenters. The molecule has 0 aliphatic heterocycles. The Morgan fingerprint density at radius 3 is 1.03 bits per heavy atom. The number of rotatable bonds is 6. The molecule has 0 spiro atoms. The molecule has 0 aromatic heterocycles. The van der Waals surface area contributed by atoms with Gasteiger partial charge in [-0.3, -0.25) is 0 Å². The smallest absolute Gasteiger partial charge is 0.412 e. The van der Waals surface area contributed by atoms with Gasteiger partial charge in [0.15, 0.2) is 0 Å². The Morgan fingerprint density at radius 1 is 0.556 bits per heavy atom. The predicted octanol–water partition coefficient (Wildman–Crippen LogP) is -0.137. The summed E-state index contributed by atoms with van der Waals surface area (Å²) in [6.45, 7) is 0. The van der Waals surface area contributed by atoms with Gasteiger partial charge in [-0.15, -0.1) is 0 Å². The molecule has 3 aliphatic rings. The Hall–Kier alpha value is 0.100. The maximum Gasteiger partial charge on any atom is 0.646 e. The minimum Gasteiger partial charge on any atom is -0.412 e. The van der Waals surface area contributed by atoms with Gasteiger partial charge < -0.3 is 19.0 Å². The Bertz CT molecular complexity index is 1310. The number of phosphoric ester groups is 1. The second-order valence-electron chi connectivity index (χ2n) is 6.33. The van der Waals surface area contributed by atoms with E-state index in [0.717, 1.165) is 0 Å². The van der Waals surface area contributed by atoms with Gasteiger partial charge in [-0.05, 0) is 36.5 Å². The van der Waals surface area contributed by atoms with Gasteiger partial charge in [-0.25, -0.2) is 0 Å². The quantitative estimate of drug-likeness (QED) is 0.225. The molecule has 0 saturated carbocycles. The molecular formula is C18H17Na3O11PS3. The average Bonchev–Trinajstić information content (AvgIpc) is 2.74. The molecule has 0 heterocycles. The summed E-state index contributed by atoms with van der Waals surface area (Å²) < 4.78 is 97.2. The van der Waals surface area contributed by atoms with Crippen LogP contribution in [-0.2, 0) is 49.0 Å². The minimum atomic E-state index is -4.54. The van der Waals surface area contributed by atoms with Crippen molar-refractivity contribution in [1.29, 1.82) is 0 Å². The molecule has 0 amide bonds. The zero-order valence-electron chi connectivity index (χ0n) is 19.6. The van der Waals surface area contributed by atoms with Crippen LogP contribution in [0, 0.1) is 0 Å². The van der Waals surface area contributed by atoms with Crippen LogP contribution in [0.15, 0.2) is 72.0 Å². The van der Waals surface area contributed by atoms with Crippen molar-refractivity contribution in [2.75, 3.05) is 0 Å². The maximum absolute atomic E-state index is 13.5. The van der Waals surface area contributed by atoms with Crippen LogP contribution in [0.2, 0.25) is 0 Å². The summed E-state index contributed by atoms with van der Waals surface area (Å²) in [5, 5.41) is 0. The van der Waals surface area contributed by atoms with E-state index in [4.69, 9.17) is 13.6 Å². The van der Waals surface area contributed by atoms with Gasteiger partial charge >= 0.3 is 7.82 Å². The maximum atomic E-state index is 13.5. The Morgan fingerprint density at radius 2 is 0.806 bits per heavy atom. The standard InChI is InChI=1S/C18H15O10PS3.3Na.H2O/c19-29(26-13-4-1-7-16(10-13)30(20)21,27-14-5-2-8-17(11-14)31(22)23)28-15-6-3-9-18(12-15)32(24)25;;;;/h1-9H,10-12H2;;;;1H2. The molecule has 11 nitrogen and oxygen atoms in total. The van der Waals surface area contributed by atoms with Gasteiger partial charge in [-0.2, -0.15) is 29.8 Å². The van der Waals surface area contributed by atoms with E-state index in [9.17, 15) is 29.8 Å². The molecule has 181 valence electrons. The summed E-state index contributed by atoms with van der Waals surface area (Å²) in [7, 11) is -12.1. The largest absolute Gasteiger partial charge is 0.646 e. The van der Waals surface area contributed by atoms with E-state index < -0.39 is 38.7 Å². The normalized spacial score (nSPS) is 15.9. The van der Waals surface area contributed by atoms with Crippen LogP contribution in [-0.4, -0.2) is 134 Å². The monoisotopic (exact) mass is 605 g/mol. The van der Waals surface area contributed by atoms with E-state index in [2.05, 4.69) is 0 Å². The van der Waals surface area contributed by atoms with E-state index >= 15 is 0 Å². The Kier molecular flexibility index (Phi) is 18.7. The fourth-order valence-electron chi connectivity index (χ4n) is 2.68. The first-order valence-corrected chi connectivity index (χ1v) is 13.5. The van der Waals surface area contributed by atoms with Crippen molar-refractivity contribution < 1.29 is 48.9 Å². The summed E-state index contributed by atoms with van der Waals surface area (Å²) in [6, 6.07) is 0. The number of phosphoric acid groups is 1. The summed E-state index contributed by atoms with van der Waals surface area (Å²) in [5.74, 6) is -0.119. The van der Waals surface area contributed by atoms with E-state index in [-0.39, 0.29) is 145 Å². The van der Waals surface area contributed by atoms with Crippen LogP contribution >= 0.6 is 7.82 Å². The molecule has 0 fully saturated rings. The van der Waals surface area contributed by atoms with Crippen molar-refractivity contribution in [2.24, 2.45) is 0 Å². The van der Waals surface area contributed by atoms with E-state index in [1.54, 1.807) is 0 Å². The van der Waals surface area contributed by atoms with Crippen LogP contribution in [0.25, 0.3) is 0 Å². The van der Waals surface area contributed by atoms with E-state index in [0.29, 0.717) is 0 Å². The van der Waals surface area contributed by atoms with Crippen LogP contribution in [0.1, 0.15) is 19.3 Å². The molecule has 36 heavy (non-hydrogen) atoms. The van der Waals surface area contributed by atoms with Crippen LogP contribution in [0.3, 0.4) is 0 Å². The molecule has 3 rings (SSSR count). The van der Waals surface area contributed by atoms with Crippen LogP contribution in [0.4, 0.5) is 0 Å². The zero-order chi connectivity index (χ0) is 23.3. The second-order valence-corrected chi connectivity index (χ2v) is 10.8. The first-order chi connectivity index (χ1) is 15.1. The molecule has 0 aromatic carbocycles. The van der Waals surface area contributed by atoms with Crippen molar-refractivity contribution in [3.8, 4) is 0 Å². The summed E-state index contributed by atoms with van der Waals surface area (Å²) >= 11 is 0. The third-order valence-electron chi connectivity index (χ3n) is 4.07. The molecule has 3 aliphatic carbocycles. The average molecular weight is 605 g/mol. The molecule has 0 saturated heterocycles. The first-order valence-electron chi connectivity index (χ1n) is 8.81. The predicted molar refractivity (Wildman–Crippen MR) is 139 cm³/mol.